The molecule has 21 heavy (non-hydrogen) atoms. The van der Waals surface area contributed by atoms with Crippen LogP contribution in [0.2, 0.25) is 5.02 Å². The van der Waals surface area contributed by atoms with E-state index < -0.39 is 17.5 Å². The van der Waals surface area contributed by atoms with Crippen molar-refractivity contribution < 1.29 is 18.3 Å². The predicted octanol–water partition coefficient (Wildman–Crippen LogP) is 4.19. The highest BCUT2D eigenvalue weighted by atomic mass is 35.5. The lowest BCUT2D eigenvalue weighted by Crippen LogP contribution is -2.15. The monoisotopic (exact) mass is 311 g/mol. The molecule has 0 radical (unpaired) electrons. The lowest BCUT2D eigenvalue weighted by atomic mass is 10.1. The maximum absolute atomic E-state index is 13.6. The first-order valence-corrected chi connectivity index (χ1v) is 6.41. The first-order valence-electron chi connectivity index (χ1n) is 6.03. The number of anilines is 1. The van der Waals surface area contributed by atoms with Crippen LogP contribution in [0.4, 0.5) is 14.5 Å². The van der Waals surface area contributed by atoms with Crippen LogP contribution in [0.3, 0.4) is 0 Å². The average Bonchev–Trinajstić information content (AvgIpc) is 2.45. The fourth-order valence-corrected chi connectivity index (χ4v) is 1.95. The topological polar surface area (TPSA) is 38.3 Å². The predicted molar refractivity (Wildman–Crippen MR) is 77.1 cm³/mol. The summed E-state index contributed by atoms with van der Waals surface area (Å²) in [5, 5.41) is 2.96. The zero-order chi connectivity index (χ0) is 15.6. The van der Waals surface area contributed by atoms with Gasteiger partial charge in [0.2, 0.25) is 0 Å². The SMILES string of the molecule is COc1cc(Cl)c(C)cc1NC(=O)c1cccc(F)c1F. The van der Waals surface area contributed by atoms with Crippen molar-refractivity contribution in [2.75, 3.05) is 12.4 Å². The molecule has 0 spiro atoms. The zero-order valence-corrected chi connectivity index (χ0v) is 12.1. The molecule has 0 aliphatic rings. The second kappa shape index (κ2) is 6.10. The van der Waals surface area contributed by atoms with E-state index in [9.17, 15) is 13.6 Å². The molecule has 0 saturated heterocycles. The van der Waals surface area contributed by atoms with Crippen LogP contribution in [0.5, 0.6) is 5.75 Å². The van der Waals surface area contributed by atoms with E-state index in [4.69, 9.17) is 16.3 Å². The molecule has 2 aromatic carbocycles. The summed E-state index contributed by atoms with van der Waals surface area (Å²) < 4.78 is 31.8. The zero-order valence-electron chi connectivity index (χ0n) is 11.3. The average molecular weight is 312 g/mol. The number of hydrogen-bond acceptors (Lipinski definition) is 2. The molecule has 0 heterocycles. The van der Waals surface area contributed by atoms with Gasteiger partial charge in [0.15, 0.2) is 11.6 Å². The minimum Gasteiger partial charge on any atom is -0.495 e. The molecule has 0 atom stereocenters. The summed E-state index contributed by atoms with van der Waals surface area (Å²) in [7, 11) is 1.42. The smallest absolute Gasteiger partial charge is 0.258 e. The molecule has 2 aromatic rings. The van der Waals surface area contributed by atoms with Crippen LogP contribution in [-0.4, -0.2) is 13.0 Å². The van der Waals surface area contributed by atoms with Gasteiger partial charge in [-0.25, -0.2) is 8.78 Å². The van der Waals surface area contributed by atoms with Gasteiger partial charge in [-0.05, 0) is 30.7 Å². The molecule has 6 heteroatoms. The van der Waals surface area contributed by atoms with Crippen LogP contribution < -0.4 is 10.1 Å². The highest BCUT2D eigenvalue weighted by Gasteiger charge is 2.17. The van der Waals surface area contributed by atoms with Crippen molar-refractivity contribution >= 4 is 23.2 Å². The fraction of sp³-hybridized carbons (Fsp3) is 0.133. The Morgan fingerprint density at radius 2 is 2.00 bits per heavy atom. The van der Waals surface area contributed by atoms with E-state index >= 15 is 0 Å². The van der Waals surface area contributed by atoms with Gasteiger partial charge < -0.3 is 10.1 Å². The standard InChI is InChI=1S/C15H12ClF2NO2/c1-8-6-12(13(21-2)7-10(8)16)19-15(20)9-4-3-5-11(17)14(9)18/h3-7H,1-2H3,(H,19,20). The Morgan fingerprint density at radius 3 is 2.67 bits per heavy atom. The van der Waals surface area contributed by atoms with Crippen LogP contribution >= 0.6 is 11.6 Å². The van der Waals surface area contributed by atoms with E-state index in [0.29, 0.717) is 22.0 Å². The van der Waals surface area contributed by atoms with Gasteiger partial charge in [-0.3, -0.25) is 4.79 Å². The van der Waals surface area contributed by atoms with E-state index in [1.54, 1.807) is 13.0 Å². The second-order valence-electron chi connectivity index (χ2n) is 4.36. The second-order valence-corrected chi connectivity index (χ2v) is 4.76. The molecule has 110 valence electrons. The number of benzene rings is 2. The number of ether oxygens (including phenoxy) is 1. The van der Waals surface area contributed by atoms with E-state index in [1.165, 1.54) is 25.3 Å². The lowest BCUT2D eigenvalue weighted by molar-refractivity contribution is 0.102. The molecular weight excluding hydrogens is 300 g/mol. The van der Waals surface area contributed by atoms with Crippen molar-refractivity contribution in [3.05, 3.63) is 58.1 Å². The molecule has 0 saturated carbocycles. The highest BCUT2D eigenvalue weighted by Crippen LogP contribution is 2.31. The molecular formula is C15H12ClF2NO2. The van der Waals surface area contributed by atoms with E-state index in [-0.39, 0.29) is 5.56 Å². The summed E-state index contributed by atoms with van der Waals surface area (Å²) >= 11 is 5.96. The third-order valence-electron chi connectivity index (χ3n) is 2.93. The fourth-order valence-electron chi connectivity index (χ4n) is 1.80. The van der Waals surface area contributed by atoms with Crippen molar-refractivity contribution in [3.63, 3.8) is 0 Å². The Hall–Kier alpha value is -2.14. The number of methoxy groups -OCH3 is 1. The van der Waals surface area contributed by atoms with Gasteiger partial charge in [0.05, 0.1) is 18.4 Å². The Balaban J connectivity index is 2.36. The van der Waals surface area contributed by atoms with Gasteiger partial charge in [0.25, 0.3) is 5.91 Å². The van der Waals surface area contributed by atoms with Crippen LogP contribution in [0.15, 0.2) is 30.3 Å². The summed E-state index contributed by atoms with van der Waals surface area (Å²) in [6, 6.07) is 6.53. The summed E-state index contributed by atoms with van der Waals surface area (Å²) in [6.45, 7) is 1.75. The maximum atomic E-state index is 13.6. The minimum atomic E-state index is -1.19. The van der Waals surface area contributed by atoms with Gasteiger partial charge in [-0.2, -0.15) is 0 Å². The minimum absolute atomic E-state index is 0.327. The van der Waals surface area contributed by atoms with Crippen molar-refractivity contribution in [3.8, 4) is 5.75 Å². The normalized spacial score (nSPS) is 10.3. The summed E-state index contributed by atoms with van der Waals surface area (Å²) in [5.74, 6) is -2.72. The van der Waals surface area contributed by atoms with Gasteiger partial charge >= 0.3 is 0 Å². The first kappa shape index (κ1) is 15.3. The van der Waals surface area contributed by atoms with E-state index in [2.05, 4.69) is 5.32 Å². The molecule has 0 aromatic heterocycles. The van der Waals surface area contributed by atoms with Gasteiger partial charge in [-0.1, -0.05) is 17.7 Å². The maximum Gasteiger partial charge on any atom is 0.258 e. The first-order chi connectivity index (χ1) is 9.93. The summed E-state index contributed by atoms with van der Waals surface area (Å²) in [4.78, 5) is 12.0. The molecule has 0 fully saturated rings. The van der Waals surface area contributed by atoms with Crippen molar-refractivity contribution in [2.24, 2.45) is 0 Å². The molecule has 0 aliphatic heterocycles. The molecule has 0 unspecified atom stereocenters. The van der Waals surface area contributed by atoms with Crippen LogP contribution in [-0.2, 0) is 0 Å². The molecule has 3 nitrogen and oxygen atoms in total. The van der Waals surface area contributed by atoms with E-state index in [1.807, 2.05) is 0 Å². The van der Waals surface area contributed by atoms with Crippen LogP contribution in [0, 0.1) is 18.6 Å². The lowest BCUT2D eigenvalue weighted by Gasteiger charge is -2.12. The Kier molecular flexibility index (Phi) is 4.43. The molecule has 0 aliphatic carbocycles. The molecule has 0 bridgehead atoms. The van der Waals surface area contributed by atoms with Crippen molar-refractivity contribution in [1.82, 2.24) is 0 Å². The van der Waals surface area contributed by atoms with Crippen molar-refractivity contribution in [2.45, 2.75) is 6.92 Å². The van der Waals surface area contributed by atoms with Gasteiger partial charge in [0.1, 0.15) is 5.75 Å². The Bertz CT molecular complexity index is 704. The quantitative estimate of drug-likeness (QED) is 0.923. The van der Waals surface area contributed by atoms with Crippen LogP contribution in [0.1, 0.15) is 15.9 Å². The number of hydrogen-bond donors (Lipinski definition) is 1. The number of amides is 1. The molecule has 1 N–H and O–H groups in total. The number of rotatable bonds is 3. The number of halogens is 3. The summed E-state index contributed by atoms with van der Waals surface area (Å²) in [5.41, 5.74) is 0.658. The number of nitrogens with one attached hydrogen (secondary N) is 1. The third-order valence-corrected chi connectivity index (χ3v) is 3.33. The van der Waals surface area contributed by atoms with Gasteiger partial charge in [-0.15, -0.1) is 0 Å². The van der Waals surface area contributed by atoms with Crippen LogP contribution in [0.25, 0.3) is 0 Å². The largest absolute Gasteiger partial charge is 0.495 e. The number of aryl methyl sites for hydroxylation is 1. The van der Waals surface area contributed by atoms with E-state index in [0.717, 1.165) is 6.07 Å². The Labute approximate surface area is 125 Å². The highest BCUT2D eigenvalue weighted by molar-refractivity contribution is 6.31. The molecule has 2 rings (SSSR count). The van der Waals surface area contributed by atoms with Gasteiger partial charge in [0, 0.05) is 11.1 Å². The summed E-state index contributed by atoms with van der Waals surface area (Å²) in [6.07, 6.45) is 0. The Morgan fingerprint density at radius 1 is 1.29 bits per heavy atom. The van der Waals surface area contributed by atoms with Crippen molar-refractivity contribution in [1.29, 1.82) is 0 Å². The number of carbonyl (C=O) groups excluding carboxylic acids is 1. The number of carbonyl (C=O) groups is 1. The molecule has 1 amide bonds. The third kappa shape index (κ3) is 3.13.